The molecule has 0 unspecified atom stereocenters. The Bertz CT molecular complexity index is 643. The lowest BCUT2D eigenvalue weighted by Gasteiger charge is -2.17. The summed E-state index contributed by atoms with van der Waals surface area (Å²) in [6.45, 7) is 0.790. The summed E-state index contributed by atoms with van der Waals surface area (Å²) in [5.74, 6) is 0.798. The predicted molar refractivity (Wildman–Crippen MR) is 91.1 cm³/mol. The molecule has 1 saturated carbocycles. The molecule has 1 aromatic carbocycles. The van der Waals surface area contributed by atoms with Gasteiger partial charge in [0.25, 0.3) is 0 Å². The van der Waals surface area contributed by atoms with Gasteiger partial charge in [0, 0.05) is 24.2 Å². The molecule has 110 valence electrons. The molecule has 0 N–H and O–H groups in total. The van der Waals surface area contributed by atoms with E-state index in [0.717, 1.165) is 12.5 Å². The lowest BCUT2D eigenvalue weighted by Crippen LogP contribution is -2.02. The Morgan fingerprint density at radius 3 is 2.81 bits per heavy atom. The number of para-hydroxylation sites is 1. The van der Waals surface area contributed by atoms with Crippen molar-refractivity contribution in [1.29, 1.82) is 0 Å². The number of fused-ring (bicyclic) bond motifs is 1. The highest BCUT2D eigenvalue weighted by Gasteiger charge is 2.09. The van der Waals surface area contributed by atoms with Gasteiger partial charge in [0.2, 0.25) is 0 Å². The molecule has 0 aliphatic heterocycles. The third kappa shape index (κ3) is 3.44. The Hall–Kier alpha value is -1.83. The number of aliphatic imine (C=N–C) groups is 1. The van der Waals surface area contributed by atoms with Crippen molar-refractivity contribution >= 4 is 17.1 Å². The molecular weight excluding hydrogens is 256 g/mol. The van der Waals surface area contributed by atoms with E-state index in [9.17, 15) is 0 Å². The van der Waals surface area contributed by atoms with E-state index in [2.05, 4.69) is 59.1 Å². The molecular formula is C19H24N2. The summed E-state index contributed by atoms with van der Waals surface area (Å²) in [6.07, 6.45) is 13.5. The molecule has 2 aromatic rings. The van der Waals surface area contributed by atoms with Gasteiger partial charge in [-0.15, -0.1) is 0 Å². The van der Waals surface area contributed by atoms with Crippen molar-refractivity contribution in [2.24, 2.45) is 18.0 Å². The summed E-state index contributed by atoms with van der Waals surface area (Å²) in [5.41, 5.74) is 2.43. The van der Waals surface area contributed by atoms with E-state index in [-0.39, 0.29) is 0 Å². The van der Waals surface area contributed by atoms with Crippen LogP contribution in [-0.4, -0.2) is 17.3 Å². The van der Waals surface area contributed by atoms with Crippen LogP contribution < -0.4 is 0 Å². The van der Waals surface area contributed by atoms with Crippen molar-refractivity contribution in [2.45, 2.75) is 32.1 Å². The van der Waals surface area contributed by atoms with E-state index in [1.165, 1.54) is 48.7 Å². The summed E-state index contributed by atoms with van der Waals surface area (Å²) in [5, 5.41) is 1.28. The van der Waals surface area contributed by atoms with Gasteiger partial charge < -0.3 is 4.57 Å². The van der Waals surface area contributed by atoms with Crippen LogP contribution in [0.25, 0.3) is 10.9 Å². The number of aromatic nitrogens is 1. The van der Waals surface area contributed by atoms with E-state index in [0.29, 0.717) is 0 Å². The molecule has 1 aromatic heterocycles. The molecule has 0 spiro atoms. The Morgan fingerprint density at radius 1 is 1.19 bits per heavy atom. The number of aryl methyl sites for hydroxylation is 1. The van der Waals surface area contributed by atoms with Crippen molar-refractivity contribution in [3.8, 4) is 0 Å². The van der Waals surface area contributed by atoms with Crippen molar-refractivity contribution < 1.29 is 0 Å². The van der Waals surface area contributed by atoms with Gasteiger partial charge in [-0.1, -0.05) is 49.6 Å². The molecule has 1 aliphatic rings. The molecule has 1 aliphatic carbocycles. The lowest BCUT2D eigenvalue weighted by atomic mass is 9.89. The summed E-state index contributed by atoms with van der Waals surface area (Å²) in [4.78, 5) is 4.55. The quantitative estimate of drug-likeness (QED) is 0.569. The number of hydrogen-bond acceptors (Lipinski definition) is 1. The van der Waals surface area contributed by atoms with Crippen LogP contribution >= 0.6 is 0 Å². The highest BCUT2D eigenvalue weighted by Crippen LogP contribution is 2.24. The standard InChI is InChI=1S/C19H24N2/c1-21-18(14-17-11-5-6-12-19(17)21)15-20-13-7-10-16-8-3-2-4-9-16/h5-7,10-12,14-16H,2-4,8-9,13H2,1H3/b10-7+,20-15?. The molecule has 3 rings (SSSR count). The first-order valence-corrected chi connectivity index (χ1v) is 8.05. The van der Waals surface area contributed by atoms with Crippen LogP contribution in [0.1, 0.15) is 37.8 Å². The van der Waals surface area contributed by atoms with E-state index in [1.807, 2.05) is 6.21 Å². The zero-order valence-electron chi connectivity index (χ0n) is 12.8. The minimum absolute atomic E-state index is 0.790. The van der Waals surface area contributed by atoms with Gasteiger partial charge in [-0.05, 0) is 30.9 Å². The Balaban J connectivity index is 1.60. The summed E-state index contributed by atoms with van der Waals surface area (Å²) >= 11 is 0. The summed E-state index contributed by atoms with van der Waals surface area (Å²) in [6, 6.07) is 10.7. The Morgan fingerprint density at radius 2 is 2.00 bits per heavy atom. The van der Waals surface area contributed by atoms with Gasteiger partial charge in [0.1, 0.15) is 0 Å². The molecule has 2 nitrogen and oxygen atoms in total. The van der Waals surface area contributed by atoms with Crippen molar-refractivity contribution in [3.63, 3.8) is 0 Å². The number of hydrogen-bond donors (Lipinski definition) is 0. The molecule has 2 heteroatoms. The van der Waals surface area contributed by atoms with Gasteiger partial charge in [0.15, 0.2) is 0 Å². The van der Waals surface area contributed by atoms with E-state index >= 15 is 0 Å². The molecule has 21 heavy (non-hydrogen) atoms. The topological polar surface area (TPSA) is 17.3 Å². The van der Waals surface area contributed by atoms with Gasteiger partial charge in [-0.25, -0.2) is 0 Å². The highest BCUT2D eigenvalue weighted by atomic mass is 15.0. The molecule has 0 radical (unpaired) electrons. The predicted octanol–water partition coefficient (Wildman–Crippen LogP) is 4.73. The van der Waals surface area contributed by atoms with Gasteiger partial charge in [-0.2, -0.15) is 0 Å². The first-order valence-electron chi connectivity index (χ1n) is 8.05. The zero-order chi connectivity index (χ0) is 14.5. The van der Waals surface area contributed by atoms with E-state index < -0.39 is 0 Å². The Labute approximate surface area is 127 Å². The van der Waals surface area contributed by atoms with Crippen LogP contribution in [-0.2, 0) is 7.05 Å². The fourth-order valence-electron chi connectivity index (χ4n) is 3.22. The van der Waals surface area contributed by atoms with Crippen molar-refractivity contribution in [1.82, 2.24) is 4.57 Å². The SMILES string of the molecule is Cn1c(C=NC/C=C/C2CCCCC2)cc2ccccc21. The van der Waals surface area contributed by atoms with E-state index in [1.54, 1.807) is 0 Å². The molecule has 0 atom stereocenters. The van der Waals surface area contributed by atoms with Crippen molar-refractivity contribution in [3.05, 3.63) is 48.2 Å². The zero-order valence-corrected chi connectivity index (χ0v) is 12.8. The van der Waals surface area contributed by atoms with Crippen LogP contribution in [0, 0.1) is 5.92 Å². The van der Waals surface area contributed by atoms with Crippen LogP contribution in [0.15, 0.2) is 47.5 Å². The van der Waals surface area contributed by atoms with Gasteiger partial charge >= 0.3 is 0 Å². The fraction of sp³-hybridized carbons (Fsp3) is 0.421. The maximum absolute atomic E-state index is 4.55. The number of allylic oxidation sites excluding steroid dienone is 1. The minimum Gasteiger partial charge on any atom is -0.343 e. The summed E-state index contributed by atoms with van der Waals surface area (Å²) in [7, 11) is 2.10. The second-order valence-electron chi connectivity index (χ2n) is 6.01. The maximum atomic E-state index is 4.55. The summed E-state index contributed by atoms with van der Waals surface area (Å²) < 4.78 is 2.20. The van der Waals surface area contributed by atoms with Crippen LogP contribution in [0.4, 0.5) is 0 Å². The lowest BCUT2D eigenvalue weighted by molar-refractivity contribution is 0.419. The molecule has 0 amide bonds. The van der Waals surface area contributed by atoms with Crippen LogP contribution in [0.3, 0.4) is 0 Å². The van der Waals surface area contributed by atoms with Crippen LogP contribution in [0.2, 0.25) is 0 Å². The average Bonchev–Trinajstić information content (AvgIpc) is 2.85. The monoisotopic (exact) mass is 280 g/mol. The highest BCUT2D eigenvalue weighted by molar-refractivity contribution is 5.90. The fourth-order valence-corrected chi connectivity index (χ4v) is 3.22. The van der Waals surface area contributed by atoms with Crippen molar-refractivity contribution in [2.75, 3.05) is 6.54 Å². The first-order chi connectivity index (χ1) is 10.3. The third-order valence-corrected chi connectivity index (χ3v) is 4.48. The maximum Gasteiger partial charge on any atom is 0.0596 e. The third-order valence-electron chi connectivity index (χ3n) is 4.48. The smallest absolute Gasteiger partial charge is 0.0596 e. The second kappa shape index (κ2) is 6.75. The molecule has 0 saturated heterocycles. The minimum atomic E-state index is 0.790. The van der Waals surface area contributed by atoms with E-state index in [4.69, 9.17) is 0 Å². The second-order valence-corrected chi connectivity index (χ2v) is 6.01. The van der Waals surface area contributed by atoms with Gasteiger partial charge in [-0.3, -0.25) is 4.99 Å². The molecule has 0 bridgehead atoms. The van der Waals surface area contributed by atoms with Crippen LogP contribution in [0.5, 0.6) is 0 Å². The molecule has 1 heterocycles. The average molecular weight is 280 g/mol. The van der Waals surface area contributed by atoms with Gasteiger partial charge in [0.05, 0.1) is 12.2 Å². The Kier molecular flexibility index (Phi) is 4.54. The number of nitrogens with zero attached hydrogens (tertiary/aromatic N) is 2. The normalized spacial score (nSPS) is 17.4. The largest absolute Gasteiger partial charge is 0.343 e. The number of rotatable bonds is 4. The number of benzene rings is 1. The molecule has 1 fully saturated rings. The first kappa shape index (κ1) is 14.1.